The highest BCUT2D eigenvalue weighted by atomic mass is 16.5. The molecular weight excluding hydrogens is 1010 g/mol. The van der Waals surface area contributed by atoms with Crippen LogP contribution in [0.1, 0.15) is 69.2 Å². The fourth-order valence-electron chi connectivity index (χ4n) is 10.4. The van der Waals surface area contributed by atoms with E-state index in [1.165, 1.54) is 44.5 Å². The monoisotopic (exact) mass is 1080 g/mol. The molecule has 0 spiro atoms. The molecule has 0 saturated carbocycles. The van der Waals surface area contributed by atoms with E-state index in [0.29, 0.717) is 72.9 Å². The lowest BCUT2D eigenvalue weighted by Gasteiger charge is -2.33. The topological polar surface area (TPSA) is 232 Å². The molecule has 4 aliphatic rings. The van der Waals surface area contributed by atoms with Crippen LogP contribution in [0.4, 0.5) is 0 Å². The average molecular weight is 1090 g/mol. The smallest absolute Gasteiger partial charge is 0.328 e. The van der Waals surface area contributed by atoms with Gasteiger partial charge in [-0.15, -0.1) is 0 Å². The number of rotatable bonds is 22. The number of carbonyl (C=O) groups is 4. The van der Waals surface area contributed by atoms with E-state index in [2.05, 4.69) is 10.6 Å². The van der Waals surface area contributed by atoms with Crippen molar-refractivity contribution in [2.24, 2.45) is 0 Å². The van der Waals surface area contributed by atoms with Gasteiger partial charge in [0, 0.05) is 100 Å². The van der Waals surface area contributed by atoms with Gasteiger partial charge in [-0.05, 0) is 108 Å². The number of benzene rings is 4. The number of hydrogen-bond acceptors (Lipinski definition) is 16. The van der Waals surface area contributed by atoms with Gasteiger partial charge in [0.1, 0.15) is 0 Å². The lowest BCUT2D eigenvalue weighted by atomic mass is 9.76. The molecule has 20 nitrogen and oxygen atoms in total. The highest BCUT2D eigenvalue weighted by Gasteiger charge is 2.35. The van der Waals surface area contributed by atoms with E-state index < -0.39 is 11.9 Å². The largest absolute Gasteiger partial charge is 0.493 e. The van der Waals surface area contributed by atoms with Crippen LogP contribution in [0, 0.1) is 0 Å². The molecule has 0 bridgehead atoms. The summed E-state index contributed by atoms with van der Waals surface area (Å²) in [7, 11) is 16.4. The average Bonchev–Trinajstić information content (AvgIpc) is 3.95. The van der Waals surface area contributed by atoms with Crippen molar-refractivity contribution in [1.82, 2.24) is 20.4 Å². The number of carboxylic acid groups (broad SMARTS) is 2. The summed E-state index contributed by atoms with van der Waals surface area (Å²) in [6.45, 7) is 5.81. The van der Waals surface area contributed by atoms with E-state index in [9.17, 15) is 19.2 Å². The molecule has 4 aromatic carbocycles. The van der Waals surface area contributed by atoms with Crippen LogP contribution in [0.25, 0.3) is 0 Å². The van der Waals surface area contributed by atoms with Gasteiger partial charge in [-0.25, -0.2) is 9.59 Å². The van der Waals surface area contributed by atoms with Crippen LogP contribution in [0.3, 0.4) is 0 Å². The van der Waals surface area contributed by atoms with E-state index in [4.69, 9.17) is 57.6 Å². The maximum absolute atomic E-state index is 12.9. The van der Waals surface area contributed by atoms with E-state index in [0.717, 1.165) is 112 Å². The zero-order valence-electron chi connectivity index (χ0n) is 46.6. The number of methoxy groups -OCH3 is 10. The van der Waals surface area contributed by atoms with Crippen LogP contribution in [0.15, 0.2) is 48.6 Å². The Balaban J connectivity index is 0.000000221. The van der Waals surface area contributed by atoms with E-state index >= 15 is 0 Å². The Morgan fingerprint density at radius 1 is 0.449 bits per heavy atom. The maximum atomic E-state index is 12.9. The predicted octanol–water partition coefficient (Wildman–Crippen LogP) is 5.66. The number of aliphatic carboxylic acids is 2. The summed E-state index contributed by atoms with van der Waals surface area (Å²) in [5.41, 5.74) is 9.67. The summed E-state index contributed by atoms with van der Waals surface area (Å²) in [5.74, 6) is 5.70. The highest BCUT2D eigenvalue weighted by molar-refractivity contribution is 5.89. The molecule has 0 radical (unpaired) electrons. The molecule has 2 aliphatic heterocycles. The SMILES string of the molecule is COc1cc2c(cc1OC)CCN(C(=O)CCNCC1Cc3c1cc(OC)c(OC)c3OC)CC2.COc1cc2c(cc1OC)CCN(C(=O)CCNCC1Cc3c1cc(OC)c(OC)c3OC)CC2.O=C(O)/C=C/C(=O)O. The summed E-state index contributed by atoms with van der Waals surface area (Å²) < 4.78 is 54.9. The Bertz CT molecular complexity index is 2530. The zero-order valence-corrected chi connectivity index (χ0v) is 46.6. The fourth-order valence-corrected chi connectivity index (χ4v) is 10.4. The maximum Gasteiger partial charge on any atom is 0.328 e. The molecule has 0 aromatic heterocycles. The van der Waals surface area contributed by atoms with Crippen LogP contribution in [0.5, 0.6) is 57.5 Å². The van der Waals surface area contributed by atoms with E-state index in [1.54, 1.807) is 71.1 Å². The van der Waals surface area contributed by atoms with Crippen molar-refractivity contribution in [3.8, 4) is 57.5 Å². The number of hydrogen-bond donors (Lipinski definition) is 4. The summed E-state index contributed by atoms with van der Waals surface area (Å²) in [6, 6.07) is 12.2. The summed E-state index contributed by atoms with van der Waals surface area (Å²) in [6.07, 6.45) is 7.19. The third kappa shape index (κ3) is 14.3. The molecular formula is C58H76N4O16. The number of nitrogens with zero attached hydrogens (tertiary/aromatic N) is 2. The zero-order chi connectivity index (χ0) is 56.5. The highest BCUT2D eigenvalue weighted by Crippen LogP contribution is 2.51. The number of fused-ring (bicyclic) bond motifs is 4. The van der Waals surface area contributed by atoms with Crippen molar-refractivity contribution in [2.45, 2.75) is 63.2 Å². The minimum Gasteiger partial charge on any atom is -0.493 e. The molecule has 2 unspecified atom stereocenters. The molecule has 424 valence electrons. The van der Waals surface area contributed by atoms with Crippen molar-refractivity contribution >= 4 is 23.8 Å². The Morgan fingerprint density at radius 2 is 0.744 bits per heavy atom. The summed E-state index contributed by atoms with van der Waals surface area (Å²) in [4.78, 5) is 48.9. The van der Waals surface area contributed by atoms with Crippen molar-refractivity contribution in [2.75, 3.05) is 123 Å². The van der Waals surface area contributed by atoms with Crippen molar-refractivity contribution in [3.05, 3.63) is 93.1 Å². The number of amides is 2. The predicted molar refractivity (Wildman–Crippen MR) is 292 cm³/mol. The van der Waals surface area contributed by atoms with Gasteiger partial charge in [0.2, 0.25) is 23.3 Å². The lowest BCUT2D eigenvalue weighted by molar-refractivity contribution is -0.134. The molecule has 2 atom stereocenters. The van der Waals surface area contributed by atoms with Crippen molar-refractivity contribution in [1.29, 1.82) is 0 Å². The molecule has 2 amide bonds. The second kappa shape index (κ2) is 28.7. The van der Waals surface area contributed by atoms with Crippen LogP contribution in [-0.2, 0) is 57.7 Å². The van der Waals surface area contributed by atoms with Gasteiger partial charge >= 0.3 is 11.9 Å². The first kappa shape index (κ1) is 59.7. The molecule has 0 saturated heterocycles. The second-order valence-corrected chi connectivity index (χ2v) is 18.9. The van der Waals surface area contributed by atoms with E-state index in [1.807, 2.05) is 46.2 Å². The second-order valence-electron chi connectivity index (χ2n) is 18.9. The minimum absolute atomic E-state index is 0.186. The van der Waals surface area contributed by atoms with Crippen molar-refractivity contribution < 1.29 is 76.8 Å². The number of carboxylic acids is 2. The Kier molecular flexibility index (Phi) is 21.9. The fraction of sp³-hybridized carbons (Fsp3) is 0.483. The lowest BCUT2D eigenvalue weighted by Crippen LogP contribution is -2.36. The van der Waals surface area contributed by atoms with Gasteiger partial charge in [0.25, 0.3) is 0 Å². The molecule has 4 N–H and O–H groups in total. The van der Waals surface area contributed by atoms with Gasteiger partial charge in [0.05, 0.1) is 71.1 Å². The molecule has 0 fully saturated rings. The summed E-state index contributed by atoms with van der Waals surface area (Å²) >= 11 is 0. The molecule has 2 heterocycles. The standard InChI is InChI=1S/2C27H36N2O6.C4H4O4/c2*1-31-22-13-17-7-10-29(11-8-18(17)14-23(22)32-2)25(30)6-9-28-16-19-12-21-20(19)15-24(33-3)27(35-5)26(21)34-4;5-3(6)1-2-4(7)8/h2*13-15,19,28H,6-12,16H2,1-5H3;1-2H,(H,5,6)(H,7,8)/b;;2-1+. The quantitative estimate of drug-likeness (QED) is 0.0549. The first-order valence-electron chi connectivity index (χ1n) is 25.9. The van der Waals surface area contributed by atoms with Gasteiger partial charge in [0.15, 0.2) is 46.0 Å². The van der Waals surface area contributed by atoms with Gasteiger partial charge < -0.3 is 78.0 Å². The Labute approximate surface area is 456 Å². The molecule has 4 aromatic rings. The van der Waals surface area contributed by atoms with Gasteiger partial charge in [-0.2, -0.15) is 0 Å². The van der Waals surface area contributed by atoms with Crippen LogP contribution in [-0.4, -0.2) is 167 Å². The van der Waals surface area contributed by atoms with Crippen LogP contribution < -0.4 is 58.0 Å². The molecule has 2 aliphatic carbocycles. The van der Waals surface area contributed by atoms with Crippen molar-refractivity contribution in [3.63, 3.8) is 0 Å². The number of nitrogens with one attached hydrogen (secondary N) is 2. The number of ether oxygens (including phenoxy) is 10. The first-order chi connectivity index (χ1) is 37.7. The van der Waals surface area contributed by atoms with Crippen LogP contribution >= 0.6 is 0 Å². The van der Waals surface area contributed by atoms with Crippen LogP contribution in [0.2, 0.25) is 0 Å². The first-order valence-corrected chi connectivity index (χ1v) is 25.9. The third-order valence-corrected chi connectivity index (χ3v) is 14.6. The van der Waals surface area contributed by atoms with Gasteiger partial charge in [-0.1, -0.05) is 0 Å². The molecule has 8 rings (SSSR count). The molecule has 78 heavy (non-hydrogen) atoms. The number of carbonyl (C=O) groups excluding carboxylic acids is 2. The Hall–Kier alpha value is -7.58. The van der Waals surface area contributed by atoms with E-state index in [-0.39, 0.29) is 11.8 Å². The summed E-state index contributed by atoms with van der Waals surface area (Å²) in [5, 5.41) is 22.6. The van der Waals surface area contributed by atoms with Gasteiger partial charge in [-0.3, -0.25) is 9.59 Å². The molecule has 20 heteroatoms. The third-order valence-electron chi connectivity index (χ3n) is 14.6. The normalized spacial score (nSPS) is 15.7. The minimum atomic E-state index is -1.26. The Morgan fingerprint density at radius 3 is 1.00 bits per heavy atom.